The van der Waals surface area contributed by atoms with Gasteiger partial charge in [-0.25, -0.2) is 8.42 Å². The molecule has 0 aliphatic heterocycles. The highest BCUT2D eigenvalue weighted by Crippen LogP contribution is 2.32. The van der Waals surface area contributed by atoms with E-state index in [2.05, 4.69) is 21.2 Å². The lowest BCUT2D eigenvalue weighted by Crippen LogP contribution is -2.07. The van der Waals surface area contributed by atoms with Crippen LogP contribution in [0, 0.1) is 10.1 Å². The lowest BCUT2D eigenvalue weighted by atomic mass is 10.2. The third kappa shape index (κ3) is 3.80. The van der Waals surface area contributed by atoms with Crippen molar-refractivity contribution in [2.24, 2.45) is 0 Å². The molecule has 9 heteroatoms. The summed E-state index contributed by atoms with van der Waals surface area (Å²) in [5.74, 6) is 0. The van der Waals surface area contributed by atoms with Crippen molar-refractivity contribution in [2.75, 3.05) is 11.6 Å². The molecule has 1 aromatic carbocycles. The lowest BCUT2D eigenvalue weighted by Gasteiger charge is -2.08. The Morgan fingerprint density at radius 3 is 2.67 bits per heavy atom. The van der Waals surface area contributed by atoms with Crippen molar-refractivity contribution in [1.29, 1.82) is 0 Å². The summed E-state index contributed by atoms with van der Waals surface area (Å²) in [6.45, 7) is 0.379. The van der Waals surface area contributed by atoms with Crippen molar-refractivity contribution in [3.63, 3.8) is 0 Å². The smallest absolute Gasteiger partial charge is 0.310 e. The highest BCUT2D eigenvalue weighted by molar-refractivity contribution is 9.10. The van der Waals surface area contributed by atoms with Gasteiger partial charge in [0.2, 0.25) is 0 Å². The van der Waals surface area contributed by atoms with Crippen LogP contribution in [-0.2, 0) is 16.4 Å². The van der Waals surface area contributed by atoms with E-state index < -0.39 is 20.4 Å². The Kier molecular flexibility index (Phi) is 4.64. The van der Waals surface area contributed by atoms with Gasteiger partial charge < -0.3 is 5.32 Å². The van der Waals surface area contributed by atoms with Crippen molar-refractivity contribution < 1.29 is 13.3 Å². The molecule has 0 saturated heterocycles. The summed E-state index contributed by atoms with van der Waals surface area (Å²) in [6, 6.07) is 6.11. The second-order valence-electron chi connectivity index (χ2n) is 4.27. The molecule has 0 unspecified atom stereocenters. The summed E-state index contributed by atoms with van der Waals surface area (Å²) in [6.07, 6.45) is 0.954. The number of anilines is 1. The van der Waals surface area contributed by atoms with Crippen LogP contribution in [0.2, 0.25) is 0 Å². The maximum absolute atomic E-state index is 11.7. The number of hydrogen-bond donors (Lipinski definition) is 1. The van der Waals surface area contributed by atoms with E-state index >= 15 is 0 Å². The molecule has 0 fully saturated rings. The molecule has 2 rings (SSSR count). The molecule has 0 amide bonds. The van der Waals surface area contributed by atoms with Crippen molar-refractivity contribution >= 4 is 48.5 Å². The summed E-state index contributed by atoms with van der Waals surface area (Å²) in [4.78, 5) is 11.2. The molecule has 0 bridgehead atoms. The van der Waals surface area contributed by atoms with Gasteiger partial charge in [-0.05, 0) is 34.1 Å². The summed E-state index contributed by atoms with van der Waals surface area (Å²) in [5, 5.41) is 16.0. The SMILES string of the molecule is CS(=O)(=O)c1cccc(NCc2cc(Br)cs2)c1[N+](=O)[O-]. The molecule has 0 aliphatic rings. The van der Waals surface area contributed by atoms with Crippen molar-refractivity contribution in [2.45, 2.75) is 11.4 Å². The molecular formula is C12H11BrN2O4S2. The Bertz CT molecular complexity index is 786. The van der Waals surface area contributed by atoms with Gasteiger partial charge in [-0.3, -0.25) is 10.1 Å². The predicted molar refractivity (Wildman–Crippen MR) is 85.6 cm³/mol. The quantitative estimate of drug-likeness (QED) is 0.623. The van der Waals surface area contributed by atoms with Gasteiger partial charge in [-0.15, -0.1) is 11.3 Å². The number of thiophene rings is 1. The highest BCUT2D eigenvalue weighted by atomic mass is 79.9. The van der Waals surface area contributed by atoms with E-state index in [0.29, 0.717) is 6.54 Å². The number of hydrogen-bond acceptors (Lipinski definition) is 6. The van der Waals surface area contributed by atoms with E-state index in [1.165, 1.54) is 29.5 Å². The molecule has 0 saturated carbocycles. The molecule has 6 nitrogen and oxygen atoms in total. The standard InChI is InChI=1S/C12H11BrN2O4S2/c1-21(18,19)11-4-2-3-10(12(11)15(16)17)14-6-9-5-8(13)7-20-9/h2-5,7,14H,6H2,1H3. The highest BCUT2D eigenvalue weighted by Gasteiger charge is 2.25. The zero-order valence-electron chi connectivity index (χ0n) is 10.9. The molecule has 0 aliphatic carbocycles. The van der Waals surface area contributed by atoms with Crippen LogP contribution in [0.15, 0.2) is 39.0 Å². The topological polar surface area (TPSA) is 89.3 Å². The van der Waals surface area contributed by atoms with E-state index in [1.807, 2.05) is 11.4 Å². The lowest BCUT2D eigenvalue weighted by molar-refractivity contribution is -0.386. The van der Waals surface area contributed by atoms with Gasteiger partial charge in [-0.2, -0.15) is 0 Å². The van der Waals surface area contributed by atoms with Gasteiger partial charge in [0.1, 0.15) is 10.6 Å². The largest absolute Gasteiger partial charge is 0.375 e. The minimum atomic E-state index is -3.67. The monoisotopic (exact) mass is 390 g/mol. The number of sulfone groups is 1. The first-order valence-electron chi connectivity index (χ1n) is 5.73. The van der Waals surface area contributed by atoms with Crippen LogP contribution < -0.4 is 5.32 Å². The first kappa shape index (κ1) is 15.9. The van der Waals surface area contributed by atoms with Crippen molar-refractivity contribution in [3.8, 4) is 0 Å². The second-order valence-corrected chi connectivity index (χ2v) is 8.16. The van der Waals surface area contributed by atoms with Crippen LogP contribution >= 0.6 is 27.3 Å². The van der Waals surface area contributed by atoms with Gasteiger partial charge in [0.15, 0.2) is 9.84 Å². The average Bonchev–Trinajstić information content (AvgIpc) is 2.80. The number of para-hydroxylation sites is 1. The maximum atomic E-state index is 11.7. The number of nitro benzene ring substituents is 1. The zero-order valence-corrected chi connectivity index (χ0v) is 14.1. The number of rotatable bonds is 5. The molecule has 112 valence electrons. The predicted octanol–water partition coefficient (Wildman–Crippen LogP) is 3.43. The summed E-state index contributed by atoms with van der Waals surface area (Å²) in [7, 11) is -3.67. The Balaban J connectivity index is 2.37. The molecule has 0 spiro atoms. The molecule has 1 aromatic heterocycles. The second kappa shape index (κ2) is 6.12. The fourth-order valence-corrected chi connectivity index (χ4v) is 4.03. The number of halogens is 1. The van der Waals surface area contributed by atoms with Gasteiger partial charge in [-0.1, -0.05) is 6.07 Å². The number of nitrogens with zero attached hydrogens (tertiary/aromatic N) is 1. The van der Waals surface area contributed by atoms with Crippen LogP contribution in [0.4, 0.5) is 11.4 Å². The Labute approximate surface area is 134 Å². The first-order valence-corrected chi connectivity index (χ1v) is 9.29. The van der Waals surface area contributed by atoms with E-state index in [1.54, 1.807) is 0 Å². The number of nitrogens with one attached hydrogen (secondary N) is 1. The number of benzene rings is 1. The van der Waals surface area contributed by atoms with E-state index in [0.717, 1.165) is 15.6 Å². The summed E-state index contributed by atoms with van der Waals surface area (Å²) in [5.41, 5.74) is -0.233. The fourth-order valence-electron chi connectivity index (χ4n) is 1.78. The molecule has 0 radical (unpaired) electrons. The van der Waals surface area contributed by atoms with Crippen molar-refractivity contribution in [1.82, 2.24) is 0 Å². The average molecular weight is 391 g/mol. The minimum absolute atomic E-state index is 0.187. The Morgan fingerprint density at radius 1 is 1.43 bits per heavy atom. The van der Waals surface area contributed by atoms with E-state index in [4.69, 9.17) is 0 Å². The summed E-state index contributed by atoms with van der Waals surface area (Å²) >= 11 is 4.82. The Morgan fingerprint density at radius 2 is 2.14 bits per heavy atom. The normalized spacial score (nSPS) is 11.3. The van der Waals surface area contributed by atoms with Crippen LogP contribution in [0.25, 0.3) is 0 Å². The van der Waals surface area contributed by atoms with E-state index in [-0.39, 0.29) is 10.6 Å². The molecule has 2 aromatic rings. The third-order valence-electron chi connectivity index (χ3n) is 2.66. The fraction of sp³-hybridized carbons (Fsp3) is 0.167. The minimum Gasteiger partial charge on any atom is -0.375 e. The van der Waals surface area contributed by atoms with Gasteiger partial charge in [0, 0.05) is 27.5 Å². The zero-order chi connectivity index (χ0) is 15.6. The number of nitro groups is 1. The van der Waals surface area contributed by atoms with Crippen LogP contribution in [0.1, 0.15) is 4.88 Å². The summed E-state index contributed by atoms with van der Waals surface area (Å²) < 4.78 is 24.2. The molecule has 1 N–H and O–H groups in total. The maximum Gasteiger partial charge on any atom is 0.310 e. The Hall–Kier alpha value is -1.45. The molecular weight excluding hydrogens is 380 g/mol. The third-order valence-corrected chi connectivity index (χ3v) is 5.48. The van der Waals surface area contributed by atoms with Gasteiger partial charge in [0.25, 0.3) is 0 Å². The van der Waals surface area contributed by atoms with Gasteiger partial charge in [0.05, 0.1) is 4.92 Å². The van der Waals surface area contributed by atoms with Crippen molar-refractivity contribution in [3.05, 3.63) is 49.1 Å². The van der Waals surface area contributed by atoms with Gasteiger partial charge >= 0.3 is 5.69 Å². The molecule has 1 heterocycles. The van der Waals surface area contributed by atoms with Crippen LogP contribution in [0.3, 0.4) is 0 Å². The van der Waals surface area contributed by atoms with Crippen LogP contribution in [-0.4, -0.2) is 19.6 Å². The molecule has 0 atom stereocenters. The first-order chi connectivity index (χ1) is 9.79. The van der Waals surface area contributed by atoms with Crippen LogP contribution in [0.5, 0.6) is 0 Å². The van der Waals surface area contributed by atoms with E-state index in [9.17, 15) is 18.5 Å². The molecule has 21 heavy (non-hydrogen) atoms.